The number of hydrogen-bond acceptors (Lipinski definition) is 2. The fourth-order valence-electron chi connectivity index (χ4n) is 0.283. The van der Waals surface area contributed by atoms with Gasteiger partial charge in [-0.2, -0.15) is 0 Å². The predicted molar refractivity (Wildman–Crippen MR) is 46.2 cm³/mol. The summed E-state index contributed by atoms with van der Waals surface area (Å²) in [5, 5.41) is -0.439. The molecule has 0 bridgehead atoms. The molecule has 0 aromatic heterocycles. The molecule has 0 saturated heterocycles. The van der Waals surface area contributed by atoms with E-state index in [4.69, 9.17) is 46.4 Å². The summed E-state index contributed by atoms with van der Waals surface area (Å²) in [7, 11) is 1.17. The fourth-order valence-corrected chi connectivity index (χ4v) is 0.876. The van der Waals surface area contributed by atoms with Gasteiger partial charge in [-0.05, 0) is 0 Å². The van der Waals surface area contributed by atoms with Crippen molar-refractivity contribution in [2.45, 2.75) is 4.84 Å². The van der Waals surface area contributed by atoms with Crippen molar-refractivity contribution < 1.29 is 9.53 Å². The normalized spacial score (nSPS) is 12.9. The zero-order valence-electron chi connectivity index (χ0n) is 5.41. The van der Waals surface area contributed by atoms with E-state index in [1.165, 1.54) is 7.11 Å². The summed E-state index contributed by atoms with van der Waals surface area (Å²) in [6.45, 7) is 0. The van der Waals surface area contributed by atoms with E-state index in [-0.39, 0.29) is 10.1 Å². The molecule has 0 heterocycles. The highest BCUT2D eigenvalue weighted by molar-refractivity contribution is 6.56. The first-order chi connectivity index (χ1) is 5.00. The first kappa shape index (κ1) is 11.4. The maximum Gasteiger partial charge on any atom is 0.350 e. The van der Waals surface area contributed by atoms with E-state index in [9.17, 15) is 4.79 Å². The van der Waals surface area contributed by atoms with Gasteiger partial charge in [0.1, 0.15) is 9.87 Å². The van der Waals surface area contributed by atoms with Crippen molar-refractivity contribution >= 4 is 52.4 Å². The molecule has 64 valence electrons. The van der Waals surface area contributed by atoms with Crippen molar-refractivity contribution in [3.8, 4) is 0 Å². The molecule has 0 spiro atoms. The second-order valence-corrected chi connectivity index (χ2v) is 3.34. The Kier molecular flexibility index (Phi) is 5.26. The van der Waals surface area contributed by atoms with E-state index >= 15 is 0 Å². The number of methoxy groups -OCH3 is 1. The molecule has 0 aromatic rings. The lowest BCUT2D eigenvalue weighted by Crippen LogP contribution is -2.03. The molecule has 2 nitrogen and oxygen atoms in total. The molecule has 6 heteroatoms. The molecule has 0 rings (SSSR count). The largest absolute Gasteiger partial charge is 0.465 e. The molecule has 0 aliphatic rings. The number of esters is 1. The SMILES string of the molecule is COC(=O)/C(Cl)=C(\Cl)C(Cl)Cl. The lowest BCUT2D eigenvalue weighted by Gasteiger charge is -2.01. The summed E-state index contributed by atoms with van der Waals surface area (Å²) < 4.78 is 4.25. The van der Waals surface area contributed by atoms with Crippen LogP contribution in [0.25, 0.3) is 0 Å². The molecule has 0 aromatic carbocycles. The Hall–Kier alpha value is 0.370. The maximum absolute atomic E-state index is 10.6. The lowest BCUT2D eigenvalue weighted by atomic mass is 10.5. The average molecular weight is 238 g/mol. The maximum atomic E-state index is 10.6. The number of hydrogen-bond donors (Lipinski definition) is 0. The van der Waals surface area contributed by atoms with Gasteiger partial charge in [-0.3, -0.25) is 0 Å². The van der Waals surface area contributed by atoms with Gasteiger partial charge in [-0.25, -0.2) is 4.79 Å². The van der Waals surface area contributed by atoms with Crippen LogP contribution in [-0.4, -0.2) is 17.9 Å². The van der Waals surface area contributed by atoms with Crippen LogP contribution in [0, 0.1) is 0 Å². The van der Waals surface area contributed by atoms with Gasteiger partial charge in [-0.1, -0.05) is 46.4 Å². The molecular weight excluding hydrogens is 234 g/mol. The Labute approximate surface area is 84.0 Å². The van der Waals surface area contributed by atoms with Crippen molar-refractivity contribution in [3.05, 3.63) is 10.1 Å². The number of carbonyl (C=O) groups excluding carboxylic acids is 1. The average Bonchev–Trinajstić information content (AvgIpc) is 2.00. The predicted octanol–water partition coefficient (Wildman–Crippen LogP) is 2.65. The smallest absolute Gasteiger partial charge is 0.350 e. The van der Waals surface area contributed by atoms with Crippen LogP contribution in [0.5, 0.6) is 0 Å². The summed E-state index contributed by atoms with van der Waals surface area (Å²) in [6, 6.07) is 0. The van der Waals surface area contributed by atoms with Crippen LogP contribution >= 0.6 is 46.4 Å². The molecule has 0 atom stereocenters. The molecule has 0 radical (unpaired) electrons. The number of allylic oxidation sites excluding steroid dienone is 1. The summed E-state index contributed by atoms with van der Waals surface area (Å²) in [5.41, 5.74) is 0. The van der Waals surface area contributed by atoms with Crippen LogP contribution in [0.15, 0.2) is 10.1 Å². The van der Waals surface area contributed by atoms with Gasteiger partial charge >= 0.3 is 5.97 Å². The van der Waals surface area contributed by atoms with E-state index < -0.39 is 10.8 Å². The lowest BCUT2D eigenvalue weighted by molar-refractivity contribution is -0.135. The number of rotatable bonds is 2. The van der Waals surface area contributed by atoms with Crippen LogP contribution in [0.3, 0.4) is 0 Å². The molecule has 0 saturated carbocycles. The molecule has 0 fully saturated rings. The molecule has 0 aliphatic carbocycles. The highest BCUT2D eigenvalue weighted by Gasteiger charge is 2.16. The second kappa shape index (κ2) is 5.09. The number of alkyl halides is 2. The van der Waals surface area contributed by atoms with E-state index in [2.05, 4.69) is 4.74 Å². The molecule has 0 N–H and O–H groups in total. The van der Waals surface area contributed by atoms with Crippen molar-refractivity contribution in [1.82, 2.24) is 0 Å². The number of ether oxygens (including phenoxy) is 1. The van der Waals surface area contributed by atoms with Crippen molar-refractivity contribution in [2.75, 3.05) is 7.11 Å². The monoisotopic (exact) mass is 236 g/mol. The Bertz CT molecular complexity index is 187. The first-order valence-electron chi connectivity index (χ1n) is 2.42. The Morgan fingerprint density at radius 3 is 2.09 bits per heavy atom. The zero-order valence-corrected chi connectivity index (χ0v) is 8.43. The van der Waals surface area contributed by atoms with Gasteiger partial charge in [0.15, 0.2) is 0 Å². The van der Waals surface area contributed by atoms with Crippen LogP contribution in [0.4, 0.5) is 0 Å². The van der Waals surface area contributed by atoms with E-state index in [0.717, 1.165) is 0 Å². The Morgan fingerprint density at radius 1 is 1.36 bits per heavy atom. The van der Waals surface area contributed by atoms with E-state index in [1.807, 2.05) is 0 Å². The third-order valence-electron chi connectivity index (χ3n) is 0.766. The second-order valence-electron chi connectivity index (χ2n) is 1.45. The fraction of sp³-hybridized carbons (Fsp3) is 0.400. The number of halogens is 4. The van der Waals surface area contributed by atoms with Gasteiger partial charge in [0.2, 0.25) is 0 Å². The van der Waals surface area contributed by atoms with Crippen LogP contribution < -0.4 is 0 Å². The summed E-state index contributed by atoms with van der Waals surface area (Å²) in [6.07, 6.45) is 0. The van der Waals surface area contributed by atoms with Gasteiger partial charge in [-0.15, -0.1) is 0 Å². The molecule has 0 aliphatic heterocycles. The minimum Gasteiger partial charge on any atom is -0.465 e. The zero-order chi connectivity index (χ0) is 9.02. The van der Waals surface area contributed by atoms with Gasteiger partial charge in [0, 0.05) is 0 Å². The summed E-state index contributed by atoms with van der Waals surface area (Å²) in [5.74, 6) is -0.761. The highest BCUT2D eigenvalue weighted by Crippen LogP contribution is 2.24. The summed E-state index contributed by atoms with van der Waals surface area (Å²) >= 11 is 21.4. The van der Waals surface area contributed by atoms with E-state index in [1.54, 1.807) is 0 Å². The van der Waals surface area contributed by atoms with Crippen LogP contribution in [0.2, 0.25) is 0 Å². The van der Waals surface area contributed by atoms with Gasteiger partial charge < -0.3 is 4.74 Å². The standard InChI is InChI=1S/C5H4Cl4O2/c1-11-5(10)3(7)2(6)4(8)9/h4H,1H3/b3-2+. The molecule has 11 heavy (non-hydrogen) atoms. The van der Waals surface area contributed by atoms with Gasteiger partial charge in [0.25, 0.3) is 0 Å². The first-order valence-corrected chi connectivity index (χ1v) is 4.05. The number of carbonyl (C=O) groups is 1. The topological polar surface area (TPSA) is 26.3 Å². The third-order valence-corrected chi connectivity index (χ3v) is 2.29. The van der Waals surface area contributed by atoms with Crippen LogP contribution in [0.1, 0.15) is 0 Å². The minimum atomic E-state index is -1.01. The van der Waals surface area contributed by atoms with Crippen molar-refractivity contribution in [3.63, 3.8) is 0 Å². The Balaban J connectivity index is 4.52. The van der Waals surface area contributed by atoms with Crippen molar-refractivity contribution in [2.24, 2.45) is 0 Å². The molecule has 0 unspecified atom stereocenters. The van der Waals surface area contributed by atoms with E-state index in [0.29, 0.717) is 0 Å². The Morgan fingerprint density at radius 2 is 1.82 bits per heavy atom. The van der Waals surface area contributed by atoms with Crippen LogP contribution in [-0.2, 0) is 9.53 Å². The van der Waals surface area contributed by atoms with Crippen molar-refractivity contribution in [1.29, 1.82) is 0 Å². The highest BCUT2D eigenvalue weighted by atomic mass is 35.5. The van der Waals surface area contributed by atoms with Gasteiger partial charge in [0.05, 0.1) is 12.1 Å². The quantitative estimate of drug-likeness (QED) is 0.420. The molecular formula is C5H4Cl4O2. The summed E-state index contributed by atoms with van der Waals surface area (Å²) in [4.78, 5) is 9.63. The third kappa shape index (κ3) is 3.52. The molecule has 0 amide bonds. The minimum absolute atomic E-state index is 0.137.